The highest BCUT2D eigenvalue weighted by atomic mass is 19.1. The van der Waals surface area contributed by atoms with E-state index in [9.17, 15) is 18.4 Å². The van der Waals surface area contributed by atoms with E-state index in [4.69, 9.17) is 0 Å². The lowest BCUT2D eigenvalue weighted by atomic mass is 9.62. The summed E-state index contributed by atoms with van der Waals surface area (Å²) in [7, 11) is 0. The molecule has 2 saturated heterocycles. The number of benzene rings is 2. The molecule has 3 aliphatic rings. The fourth-order valence-corrected chi connectivity index (χ4v) is 6.48. The van der Waals surface area contributed by atoms with Gasteiger partial charge in [-0.15, -0.1) is 0 Å². The molecule has 174 valence electrons. The predicted molar refractivity (Wildman–Crippen MR) is 122 cm³/mol. The SMILES string of the molecule is O=C1CC2(CCN(C(=O)C3(c4cccc(F)c4)CCCC3)CC2)C(c2ccc(F)cc2)CN1. The summed E-state index contributed by atoms with van der Waals surface area (Å²) in [5.74, 6) is -0.345. The third-order valence-corrected chi connectivity index (χ3v) is 8.32. The van der Waals surface area contributed by atoms with Gasteiger partial charge in [0.15, 0.2) is 0 Å². The lowest BCUT2D eigenvalue weighted by molar-refractivity contribution is -0.141. The normalized spacial score (nSPS) is 24.0. The number of carbonyl (C=O) groups excluding carboxylic acids is 2. The molecule has 2 aromatic carbocycles. The Morgan fingerprint density at radius 2 is 1.64 bits per heavy atom. The van der Waals surface area contributed by atoms with Gasteiger partial charge in [-0.1, -0.05) is 37.1 Å². The van der Waals surface area contributed by atoms with Crippen molar-refractivity contribution in [3.8, 4) is 0 Å². The van der Waals surface area contributed by atoms with Crippen LogP contribution in [0.4, 0.5) is 8.78 Å². The molecule has 2 aliphatic heterocycles. The van der Waals surface area contributed by atoms with Crippen molar-refractivity contribution in [3.63, 3.8) is 0 Å². The smallest absolute Gasteiger partial charge is 0.233 e. The zero-order valence-electron chi connectivity index (χ0n) is 18.8. The van der Waals surface area contributed by atoms with Crippen molar-refractivity contribution >= 4 is 11.8 Å². The van der Waals surface area contributed by atoms with Crippen LogP contribution in [0.2, 0.25) is 0 Å². The van der Waals surface area contributed by atoms with Crippen molar-refractivity contribution < 1.29 is 18.4 Å². The van der Waals surface area contributed by atoms with Crippen molar-refractivity contribution in [3.05, 3.63) is 71.3 Å². The van der Waals surface area contributed by atoms with Gasteiger partial charge >= 0.3 is 0 Å². The molecule has 33 heavy (non-hydrogen) atoms. The van der Waals surface area contributed by atoms with Gasteiger partial charge in [0.25, 0.3) is 0 Å². The van der Waals surface area contributed by atoms with E-state index in [0.717, 1.165) is 49.7 Å². The Labute approximate surface area is 193 Å². The van der Waals surface area contributed by atoms with Crippen molar-refractivity contribution in [1.82, 2.24) is 10.2 Å². The second-order valence-corrected chi connectivity index (χ2v) is 10.0. The number of piperidine rings is 2. The Balaban J connectivity index is 1.38. The number of likely N-dealkylation sites (tertiary alicyclic amines) is 1. The predicted octanol–water partition coefficient (Wildman–Crippen LogP) is 4.69. The minimum atomic E-state index is -0.646. The van der Waals surface area contributed by atoms with Gasteiger partial charge < -0.3 is 10.2 Å². The molecule has 2 heterocycles. The first-order valence-electron chi connectivity index (χ1n) is 12.0. The molecule has 0 bridgehead atoms. The minimum Gasteiger partial charge on any atom is -0.355 e. The molecule has 6 heteroatoms. The molecule has 1 aliphatic carbocycles. The van der Waals surface area contributed by atoms with Gasteiger partial charge in [-0.05, 0) is 66.5 Å². The molecule has 4 nitrogen and oxygen atoms in total. The van der Waals surface area contributed by atoms with E-state index in [2.05, 4.69) is 5.32 Å². The molecule has 2 aromatic rings. The molecule has 1 spiro atoms. The fourth-order valence-electron chi connectivity index (χ4n) is 6.48. The van der Waals surface area contributed by atoms with E-state index in [1.54, 1.807) is 6.07 Å². The summed E-state index contributed by atoms with van der Waals surface area (Å²) in [6.45, 7) is 1.70. The summed E-state index contributed by atoms with van der Waals surface area (Å²) in [6, 6.07) is 13.1. The standard InChI is InChI=1S/C27H30F2N2O2/c28-21-8-6-19(7-9-21)23-18-30-24(32)17-26(23)12-14-31(15-13-26)25(33)27(10-1-2-11-27)20-4-3-5-22(29)16-20/h3-9,16,23H,1-2,10-15,17-18H2,(H,30,32). The third-order valence-electron chi connectivity index (χ3n) is 8.32. The molecule has 1 saturated carbocycles. The molecule has 2 amide bonds. The molecule has 1 atom stereocenters. The molecule has 0 radical (unpaired) electrons. The number of hydrogen-bond donors (Lipinski definition) is 1. The number of carbonyl (C=O) groups is 2. The fraction of sp³-hybridized carbons (Fsp3) is 0.481. The largest absolute Gasteiger partial charge is 0.355 e. The lowest BCUT2D eigenvalue weighted by Crippen LogP contribution is -2.55. The number of rotatable bonds is 3. The topological polar surface area (TPSA) is 49.4 Å². The molecule has 1 N–H and O–H groups in total. The molecule has 1 unspecified atom stereocenters. The highest BCUT2D eigenvalue weighted by Gasteiger charge is 2.50. The maximum absolute atomic E-state index is 14.0. The number of halogens is 2. The number of nitrogens with zero attached hydrogens (tertiary/aromatic N) is 1. The number of nitrogens with one attached hydrogen (secondary N) is 1. The maximum Gasteiger partial charge on any atom is 0.233 e. The summed E-state index contributed by atoms with van der Waals surface area (Å²) >= 11 is 0. The van der Waals surface area contributed by atoms with E-state index < -0.39 is 5.41 Å². The van der Waals surface area contributed by atoms with Crippen LogP contribution in [0.3, 0.4) is 0 Å². The van der Waals surface area contributed by atoms with E-state index in [1.807, 2.05) is 23.1 Å². The Morgan fingerprint density at radius 3 is 2.30 bits per heavy atom. The van der Waals surface area contributed by atoms with Crippen molar-refractivity contribution in [2.45, 2.75) is 56.3 Å². The van der Waals surface area contributed by atoms with Crippen LogP contribution in [0, 0.1) is 17.0 Å². The summed E-state index contributed by atoms with van der Waals surface area (Å²) in [5.41, 5.74) is 0.931. The summed E-state index contributed by atoms with van der Waals surface area (Å²) in [6.07, 6.45) is 5.31. The van der Waals surface area contributed by atoms with Crippen molar-refractivity contribution in [2.24, 2.45) is 5.41 Å². The van der Waals surface area contributed by atoms with Gasteiger partial charge in [0, 0.05) is 32.0 Å². The Kier molecular flexibility index (Phi) is 5.71. The minimum absolute atomic E-state index is 0.0418. The lowest BCUT2D eigenvalue weighted by Gasteiger charge is -2.50. The first kappa shape index (κ1) is 22.1. The quantitative estimate of drug-likeness (QED) is 0.735. The highest BCUT2D eigenvalue weighted by molar-refractivity contribution is 5.89. The average molecular weight is 453 g/mol. The summed E-state index contributed by atoms with van der Waals surface area (Å²) in [5, 5.41) is 2.98. The van der Waals surface area contributed by atoms with Crippen LogP contribution in [0.1, 0.15) is 62.0 Å². The van der Waals surface area contributed by atoms with Crippen LogP contribution in [0.25, 0.3) is 0 Å². The van der Waals surface area contributed by atoms with E-state index in [1.165, 1.54) is 24.3 Å². The molecular weight excluding hydrogens is 422 g/mol. The summed E-state index contributed by atoms with van der Waals surface area (Å²) < 4.78 is 27.5. The molecule has 5 rings (SSSR count). The third kappa shape index (κ3) is 3.94. The van der Waals surface area contributed by atoms with Crippen LogP contribution in [0.5, 0.6) is 0 Å². The van der Waals surface area contributed by atoms with Gasteiger partial charge in [-0.3, -0.25) is 9.59 Å². The molecular formula is C27H30F2N2O2. The Bertz CT molecular complexity index is 1040. The van der Waals surface area contributed by atoms with Gasteiger partial charge in [-0.2, -0.15) is 0 Å². The van der Waals surface area contributed by atoms with Crippen molar-refractivity contribution in [2.75, 3.05) is 19.6 Å². The molecule has 3 fully saturated rings. The van der Waals surface area contributed by atoms with Crippen LogP contribution in [-0.2, 0) is 15.0 Å². The van der Waals surface area contributed by atoms with Crippen molar-refractivity contribution in [1.29, 1.82) is 0 Å². The van der Waals surface area contributed by atoms with Gasteiger partial charge in [0.05, 0.1) is 5.41 Å². The second-order valence-electron chi connectivity index (χ2n) is 10.0. The van der Waals surface area contributed by atoms with Crippen LogP contribution >= 0.6 is 0 Å². The monoisotopic (exact) mass is 452 g/mol. The van der Waals surface area contributed by atoms with Gasteiger partial charge in [-0.25, -0.2) is 8.78 Å². The summed E-state index contributed by atoms with van der Waals surface area (Å²) in [4.78, 5) is 28.2. The zero-order valence-corrected chi connectivity index (χ0v) is 18.8. The van der Waals surface area contributed by atoms with Gasteiger partial charge in [0.1, 0.15) is 11.6 Å². The van der Waals surface area contributed by atoms with E-state index >= 15 is 0 Å². The Morgan fingerprint density at radius 1 is 0.939 bits per heavy atom. The zero-order chi connectivity index (χ0) is 23.1. The van der Waals surface area contributed by atoms with Crippen LogP contribution < -0.4 is 5.32 Å². The first-order chi connectivity index (χ1) is 15.9. The maximum atomic E-state index is 14.0. The average Bonchev–Trinajstić information content (AvgIpc) is 3.31. The van der Waals surface area contributed by atoms with Gasteiger partial charge in [0.2, 0.25) is 11.8 Å². The number of hydrogen-bond acceptors (Lipinski definition) is 2. The molecule has 0 aromatic heterocycles. The highest BCUT2D eigenvalue weighted by Crippen LogP contribution is 2.50. The van der Waals surface area contributed by atoms with Crippen LogP contribution in [0.15, 0.2) is 48.5 Å². The van der Waals surface area contributed by atoms with Crippen LogP contribution in [-0.4, -0.2) is 36.3 Å². The number of amides is 2. The Hall–Kier alpha value is -2.76. The first-order valence-corrected chi connectivity index (χ1v) is 12.0. The second kappa shape index (κ2) is 8.54. The van der Waals surface area contributed by atoms with E-state index in [-0.39, 0.29) is 34.8 Å². The van der Waals surface area contributed by atoms with E-state index in [0.29, 0.717) is 26.1 Å².